The summed E-state index contributed by atoms with van der Waals surface area (Å²) in [5.41, 5.74) is 1.81. The number of hydrogen-bond acceptors (Lipinski definition) is 8. The van der Waals surface area contributed by atoms with Gasteiger partial charge in [0.2, 0.25) is 0 Å². The van der Waals surface area contributed by atoms with Crippen molar-refractivity contribution >= 4 is 28.9 Å². The normalized spacial score (nSPS) is 11.8. The number of alkyl halides is 3. The van der Waals surface area contributed by atoms with Crippen LogP contribution in [0.15, 0.2) is 97.6 Å². The minimum absolute atomic E-state index is 0.0128. The summed E-state index contributed by atoms with van der Waals surface area (Å²) in [5, 5.41) is 19.9. The third kappa shape index (κ3) is 7.44. The number of rotatable bonds is 8. The highest BCUT2D eigenvalue weighted by atomic mass is 19.4. The fraction of sp³-hybridized carbons (Fsp3) is 0.171. The molecule has 0 unspecified atom stereocenters. The third-order valence-electron chi connectivity index (χ3n) is 7.55. The maximum Gasteiger partial charge on any atom is 0.416 e. The van der Waals surface area contributed by atoms with Gasteiger partial charge in [-0.1, -0.05) is 36.4 Å². The van der Waals surface area contributed by atoms with Crippen LogP contribution >= 0.6 is 0 Å². The zero-order valence-electron chi connectivity index (χ0n) is 26.8. The van der Waals surface area contributed by atoms with Gasteiger partial charge in [0.05, 0.1) is 41.1 Å². The fourth-order valence-electron chi connectivity index (χ4n) is 4.98. The number of anilines is 3. The van der Waals surface area contributed by atoms with Crippen molar-refractivity contribution in [2.75, 3.05) is 29.6 Å². The number of nitrogens with zero attached hydrogens (tertiary/aromatic N) is 6. The Kier molecular flexibility index (Phi) is 8.65. The summed E-state index contributed by atoms with van der Waals surface area (Å²) in [6.45, 7) is 3.20. The van der Waals surface area contributed by atoms with Crippen LogP contribution in [-0.4, -0.2) is 49.8 Å². The fourth-order valence-corrected chi connectivity index (χ4v) is 4.98. The average molecular weight is 669 g/mol. The molecule has 3 aromatic carbocycles. The lowest BCUT2D eigenvalue weighted by Crippen LogP contribution is -2.21. The number of benzene rings is 3. The van der Waals surface area contributed by atoms with Crippen molar-refractivity contribution in [1.29, 1.82) is 0 Å². The molecule has 11 nitrogen and oxygen atoms in total. The van der Waals surface area contributed by atoms with Crippen LogP contribution in [-0.2, 0) is 11.8 Å². The molecule has 14 heteroatoms. The smallest absolute Gasteiger partial charge is 0.416 e. The van der Waals surface area contributed by atoms with Gasteiger partial charge in [-0.15, -0.1) is 0 Å². The molecule has 0 atom stereocenters. The number of hydrogen-bond donors (Lipinski definition) is 3. The number of carbonyl (C=O) groups excluding carboxylic acids is 1. The van der Waals surface area contributed by atoms with Crippen molar-refractivity contribution < 1.29 is 27.8 Å². The van der Waals surface area contributed by atoms with E-state index in [0.29, 0.717) is 28.1 Å². The Bertz CT molecular complexity index is 2120. The van der Waals surface area contributed by atoms with Gasteiger partial charge < -0.3 is 25.4 Å². The van der Waals surface area contributed by atoms with Gasteiger partial charge in [0.1, 0.15) is 11.6 Å². The minimum atomic E-state index is -4.63. The second-order valence-corrected chi connectivity index (χ2v) is 11.9. The Morgan fingerprint density at radius 2 is 1.59 bits per heavy atom. The number of aliphatic hydroxyl groups is 1. The lowest BCUT2D eigenvalue weighted by atomic mass is 9.93. The lowest BCUT2D eigenvalue weighted by molar-refractivity contribution is -0.137. The Morgan fingerprint density at radius 1 is 0.857 bits per heavy atom. The SMILES string of the molecule is CN(C)c1ccn2ncc(-c3ccc(Oc4ncc(NC(=O)Nc5cc(C(F)(F)F)ccc5-c5cccc(C(C)(C)O)c5)cn4)cc3)c2n1. The molecule has 3 N–H and O–H groups in total. The molecule has 0 saturated carbocycles. The number of ether oxygens (including phenoxy) is 1. The van der Waals surface area contributed by atoms with Gasteiger partial charge in [0, 0.05) is 31.4 Å². The van der Waals surface area contributed by atoms with Crippen molar-refractivity contribution in [2.24, 2.45) is 0 Å². The number of amides is 2. The first-order chi connectivity index (χ1) is 23.2. The first-order valence-electron chi connectivity index (χ1n) is 15.0. The summed E-state index contributed by atoms with van der Waals surface area (Å²) >= 11 is 0. The molecule has 6 rings (SSSR count). The van der Waals surface area contributed by atoms with Gasteiger partial charge in [-0.3, -0.25) is 0 Å². The van der Waals surface area contributed by atoms with Crippen LogP contribution in [0.25, 0.3) is 27.9 Å². The van der Waals surface area contributed by atoms with Crippen LogP contribution in [0.5, 0.6) is 11.8 Å². The largest absolute Gasteiger partial charge is 0.424 e. The van der Waals surface area contributed by atoms with E-state index in [0.717, 1.165) is 29.1 Å². The molecule has 250 valence electrons. The van der Waals surface area contributed by atoms with E-state index in [1.165, 1.54) is 18.5 Å². The van der Waals surface area contributed by atoms with E-state index in [2.05, 4.69) is 30.7 Å². The molecule has 49 heavy (non-hydrogen) atoms. The maximum absolute atomic E-state index is 13.6. The summed E-state index contributed by atoms with van der Waals surface area (Å²) in [5.74, 6) is 1.27. The van der Waals surface area contributed by atoms with Crippen molar-refractivity contribution in [3.05, 3.63) is 109 Å². The highest BCUT2D eigenvalue weighted by Gasteiger charge is 2.31. The average Bonchev–Trinajstić information content (AvgIpc) is 3.49. The highest BCUT2D eigenvalue weighted by Crippen LogP contribution is 2.37. The van der Waals surface area contributed by atoms with Crippen LogP contribution in [0.2, 0.25) is 0 Å². The molecule has 0 fully saturated rings. The Hall–Kier alpha value is -6.02. The molecule has 3 heterocycles. The van der Waals surface area contributed by atoms with Crippen molar-refractivity contribution in [3.8, 4) is 34.0 Å². The Labute approximate surface area is 279 Å². The molecule has 2 amide bonds. The summed E-state index contributed by atoms with van der Waals surface area (Å²) in [7, 11) is 3.83. The number of nitrogens with one attached hydrogen (secondary N) is 2. The molecule has 0 aliphatic heterocycles. The number of fused-ring (bicyclic) bond motifs is 1. The predicted octanol–water partition coefficient (Wildman–Crippen LogP) is 7.60. The third-order valence-corrected chi connectivity index (χ3v) is 7.55. The second kappa shape index (κ2) is 12.9. The van der Waals surface area contributed by atoms with E-state index in [9.17, 15) is 23.1 Å². The van der Waals surface area contributed by atoms with E-state index in [-0.39, 0.29) is 17.4 Å². The van der Waals surface area contributed by atoms with Crippen molar-refractivity contribution in [3.63, 3.8) is 0 Å². The van der Waals surface area contributed by atoms with Gasteiger partial charge in [-0.25, -0.2) is 24.3 Å². The highest BCUT2D eigenvalue weighted by molar-refractivity contribution is 6.02. The number of carbonyl (C=O) groups is 1. The molecule has 0 aliphatic carbocycles. The lowest BCUT2D eigenvalue weighted by Gasteiger charge is -2.20. The second-order valence-electron chi connectivity index (χ2n) is 11.9. The van der Waals surface area contributed by atoms with Gasteiger partial charge in [0.25, 0.3) is 0 Å². The molecule has 0 spiro atoms. The standard InChI is InChI=1S/C35H31F3N8O3/c1-34(2,48)23-7-5-6-22(16-23)27-13-10-24(35(36,37)38)17-29(27)43-32(47)42-25-18-39-33(40-19-25)49-26-11-8-21(9-12-26)28-20-41-46-15-14-30(45(3)4)44-31(28)46/h5-20,48H,1-4H3,(H2,42,43,47). The zero-order chi connectivity index (χ0) is 34.9. The first-order valence-corrected chi connectivity index (χ1v) is 15.0. The maximum atomic E-state index is 13.6. The van der Waals surface area contributed by atoms with Gasteiger partial charge >= 0.3 is 18.2 Å². The molecule has 0 aliphatic rings. The molecule has 0 radical (unpaired) electrons. The number of aromatic nitrogens is 5. The van der Waals surface area contributed by atoms with Gasteiger partial charge in [-0.05, 0) is 66.9 Å². The van der Waals surface area contributed by atoms with E-state index in [1.807, 2.05) is 43.4 Å². The Balaban J connectivity index is 1.14. The zero-order valence-corrected chi connectivity index (χ0v) is 26.8. The van der Waals surface area contributed by atoms with E-state index < -0.39 is 23.4 Å². The molecule has 6 aromatic rings. The predicted molar refractivity (Wildman–Crippen MR) is 180 cm³/mol. The van der Waals surface area contributed by atoms with Gasteiger partial charge in [-0.2, -0.15) is 18.3 Å². The van der Waals surface area contributed by atoms with Crippen LogP contribution in [0.4, 0.5) is 35.2 Å². The molecular formula is C35H31F3N8O3. The molecule has 3 aromatic heterocycles. The van der Waals surface area contributed by atoms with Crippen LogP contribution < -0.4 is 20.3 Å². The minimum Gasteiger partial charge on any atom is -0.424 e. The molecule has 0 saturated heterocycles. The van der Waals surface area contributed by atoms with Crippen LogP contribution in [0, 0.1) is 0 Å². The van der Waals surface area contributed by atoms with Crippen LogP contribution in [0.3, 0.4) is 0 Å². The molecule has 0 bridgehead atoms. The Morgan fingerprint density at radius 3 is 2.27 bits per heavy atom. The molecular weight excluding hydrogens is 637 g/mol. The summed E-state index contributed by atoms with van der Waals surface area (Å²) in [6.07, 6.45) is 1.57. The summed E-state index contributed by atoms with van der Waals surface area (Å²) < 4.78 is 48.2. The first kappa shape index (κ1) is 32.9. The topological polar surface area (TPSA) is 130 Å². The number of halogens is 3. The monoisotopic (exact) mass is 668 g/mol. The van der Waals surface area contributed by atoms with Crippen molar-refractivity contribution in [2.45, 2.75) is 25.6 Å². The number of urea groups is 1. The quantitative estimate of drug-likeness (QED) is 0.151. The van der Waals surface area contributed by atoms with Crippen molar-refractivity contribution in [1.82, 2.24) is 24.6 Å². The van der Waals surface area contributed by atoms with Gasteiger partial charge in [0.15, 0.2) is 5.65 Å². The van der Waals surface area contributed by atoms with E-state index >= 15 is 0 Å². The summed E-state index contributed by atoms with van der Waals surface area (Å²) in [4.78, 5) is 27.8. The summed E-state index contributed by atoms with van der Waals surface area (Å²) in [6, 6.07) is 18.1. The van der Waals surface area contributed by atoms with E-state index in [4.69, 9.17) is 4.74 Å². The van der Waals surface area contributed by atoms with Crippen LogP contribution in [0.1, 0.15) is 25.0 Å². The van der Waals surface area contributed by atoms with E-state index in [1.54, 1.807) is 61.0 Å².